The van der Waals surface area contributed by atoms with Crippen LogP contribution >= 0.6 is 0 Å². The number of hydrogen-bond acceptors (Lipinski definition) is 8. The molecule has 0 saturated carbocycles. The summed E-state index contributed by atoms with van der Waals surface area (Å²) in [6, 6.07) is 16.3. The molecule has 0 amide bonds. The first-order valence-corrected chi connectivity index (χ1v) is 17.1. The maximum atomic E-state index is 11.4. The van der Waals surface area contributed by atoms with E-state index in [1.807, 2.05) is 12.1 Å². The number of aromatic nitrogens is 2. The van der Waals surface area contributed by atoms with Gasteiger partial charge in [0, 0.05) is 18.6 Å². The van der Waals surface area contributed by atoms with Gasteiger partial charge >= 0.3 is 0 Å². The van der Waals surface area contributed by atoms with Crippen molar-refractivity contribution in [3.63, 3.8) is 0 Å². The normalized spacial score (nSPS) is 11.8. The van der Waals surface area contributed by atoms with Crippen molar-refractivity contribution in [2.75, 3.05) is 37.3 Å². The molecule has 0 saturated heterocycles. The quantitative estimate of drug-likeness (QED) is 0.136. The van der Waals surface area contributed by atoms with Crippen LogP contribution < -0.4 is 19.9 Å². The first kappa shape index (κ1) is 34.3. The number of ether oxygens (including phenoxy) is 3. The highest BCUT2D eigenvalue weighted by atomic mass is 32.2. The molecule has 9 nitrogen and oxygen atoms in total. The highest BCUT2D eigenvalue weighted by Crippen LogP contribution is 2.33. The van der Waals surface area contributed by atoms with E-state index in [1.54, 1.807) is 6.20 Å². The molecule has 43 heavy (non-hydrogen) atoms. The molecular weight excluding hydrogens is 564 g/mol. The second-order valence-corrected chi connectivity index (χ2v) is 13.1. The van der Waals surface area contributed by atoms with Crippen molar-refractivity contribution >= 4 is 15.8 Å². The predicted molar refractivity (Wildman–Crippen MR) is 172 cm³/mol. The number of benzene rings is 2. The second-order valence-electron chi connectivity index (χ2n) is 11.3. The lowest BCUT2D eigenvalue weighted by Gasteiger charge is -2.26. The average molecular weight is 613 g/mol. The third-order valence-corrected chi connectivity index (χ3v) is 7.79. The fraction of sp³-hybridized carbons (Fsp3) is 0.515. The molecule has 0 aliphatic heterocycles. The maximum absolute atomic E-state index is 11.4. The van der Waals surface area contributed by atoms with Crippen LogP contribution in [0.5, 0.6) is 11.5 Å². The van der Waals surface area contributed by atoms with Crippen molar-refractivity contribution in [3.05, 3.63) is 77.7 Å². The van der Waals surface area contributed by atoms with Gasteiger partial charge in [0.05, 0.1) is 31.0 Å². The molecule has 0 unspecified atom stereocenters. The van der Waals surface area contributed by atoms with E-state index >= 15 is 0 Å². The van der Waals surface area contributed by atoms with Gasteiger partial charge in [0.15, 0.2) is 5.82 Å². The first-order valence-electron chi connectivity index (χ1n) is 15.2. The molecule has 0 fully saturated rings. The minimum Gasteiger partial charge on any atom is -0.494 e. The van der Waals surface area contributed by atoms with Crippen LogP contribution in [0.3, 0.4) is 0 Å². The predicted octanol–water partition coefficient (Wildman–Crippen LogP) is 6.23. The first-order chi connectivity index (χ1) is 20.7. The molecule has 0 aliphatic rings. The number of rotatable bonds is 21. The summed E-state index contributed by atoms with van der Waals surface area (Å²) in [5, 5.41) is 0. The van der Waals surface area contributed by atoms with Gasteiger partial charge in [0.1, 0.15) is 18.1 Å². The van der Waals surface area contributed by atoms with E-state index in [0.717, 1.165) is 69.6 Å². The Bertz CT molecular complexity index is 1320. The zero-order valence-electron chi connectivity index (χ0n) is 25.9. The van der Waals surface area contributed by atoms with Gasteiger partial charge in [0.25, 0.3) is 0 Å². The monoisotopic (exact) mass is 612 g/mol. The lowest BCUT2D eigenvalue weighted by atomic mass is 9.78. The van der Waals surface area contributed by atoms with Gasteiger partial charge in [-0.05, 0) is 67.6 Å². The van der Waals surface area contributed by atoms with Crippen molar-refractivity contribution in [2.45, 2.75) is 77.2 Å². The molecular formula is C33H48N4O5S. The van der Waals surface area contributed by atoms with E-state index in [0.29, 0.717) is 11.4 Å². The fourth-order valence-electron chi connectivity index (χ4n) is 4.63. The highest BCUT2D eigenvalue weighted by Gasteiger charge is 2.23. The van der Waals surface area contributed by atoms with Gasteiger partial charge in [-0.15, -0.1) is 0 Å². The molecule has 1 heterocycles. The zero-order chi connectivity index (χ0) is 31.0. The summed E-state index contributed by atoms with van der Waals surface area (Å²) in [6.45, 7) is 7.74. The summed E-state index contributed by atoms with van der Waals surface area (Å²) in [5.74, 6) is 1.75. The van der Waals surface area contributed by atoms with E-state index in [1.165, 1.54) is 37.4 Å². The summed E-state index contributed by atoms with van der Waals surface area (Å²) < 4.78 is 42.7. The van der Waals surface area contributed by atoms with Gasteiger partial charge in [-0.2, -0.15) is 0 Å². The number of nitrogens with zero attached hydrogens (tertiary/aromatic N) is 2. The molecule has 0 aliphatic carbocycles. The molecule has 0 spiro atoms. The molecule has 1 aromatic heterocycles. The van der Waals surface area contributed by atoms with E-state index < -0.39 is 10.0 Å². The lowest BCUT2D eigenvalue weighted by molar-refractivity contribution is 0.126. The average Bonchev–Trinajstić information content (AvgIpc) is 2.98. The Hall–Kier alpha value is -3.21. The summed E-state index contributed by atoms with van der Waals surface area (Å²) >= 11 is 0. The minimum atomic E-state index is -3.42. The van der Waals surface area contributed by atoms with Crippen molar-refractivity contribution in [2.24, 2.45) is 5.73 Å². The Morgan fingerprint density at radius 2 is 1.28 bits per heavy atom. The smallest absolute Gasteiger partial charge is 0.231 e. The second kappa shape index (κ2) is 17.8. The van der Waals surface area contributed by atoms with Gasteiger partial charge in [0.2, 0.25) is 10.0 Å². The Balaban J connectivity index is 1.37. The van der Waals surface area contributed by atoms with Crippen LogP contribution in [0.15, 0.2) is 60.9 Å². The number of anilines is 1. The number of unbranched alkanes of at least 4 members (excludes halogenated alkanes) is 6. The maximum Gasteiger partial charge on any atom is 0.231 e. The van der Waals surface area contributed by atoms with Crippen molar-refractivity contribution in [3.8, 4) is 11.5 Å². The molecule has 236 valence electrons. The molecule has 2 aromatic carbocycles. The Labute approximate surface area is 257 Å². The number of sulfonamides is 1. The topological polar surface area (TPSA) is 126 Å². The summed E-state index contributed by atoms with van der Waals surface area (Å²) in [7, 11) is -3.42. The number of hydrogen-bond donors (Lipinski definition) is 2. The fourth-order valence-corrected chi connectivity index (χ4v) is 5.11. The molecule has 3 rings (SSSR count). The third kappa shape index (κ3) is 12.9. The van der Waals surface area contributed by atoms with E-state index in [9.17, 15) is 8.42 Å². The SMILES string of the molecule is CC(C)(c1ccc(OCCCCCCCCOCCCCN)cc1)c1ccc(OCc2cncc(NS(C)(=O)=O)n2)cc1. The lowest BCUT2D eigenvalue weighted by Crippen LogP contribution is -2.18. The molecule has 0 bridgehead atoms. The van der Waals surface area contributed by atoms with Gasteiger partial charge < -0.3 is 19.9 Å². The molecule has 0 atom stereocenters. The van der Waals surface area contributed by atoms with E-state index in [-0.39, 0.29) is 17.8 Å². The Morgan fingerprint density at radius 3 is 1.86 bits per heavy atom. The Morgan fingerprint density at radius 1 is 0.744 bits per heavy atom. The minimum absolute atomic E-state index is 0.162. The molecule has 3 aromatic rings. The number of nitrogens with one attached hydrogen (secondary N) is 1. The van der Waals surface area contributed by atoms with Crippen LogP contribution in [0.25, 0.3) is 0 Å². The number of nitrogens with two attached hydrogens (primary N) is 1. The van der Waals surface area contributed by atoms with Crippen LogP contribution in [0, 0.1) is 0 Å². The van der Waals surface area contributed by atoms with Crippen molar-refractivity contribution < 1.29 is 22.6 Å². The molecule has 10 heteroatoms. The molecule has 0 radical (unpaired) electrons. The van der Waals surface area contributed by atoms with Crippen LogP contribution in [0.4, 0.5) is 5.82 Å². The zero-order valence-corrected chi connectivity index (χ0v) is 26.7. The van der Waals surface area contributed by atoms with Crippen molar-refractivity contribution in [1.82, 2.24) is 9.97 Å². The standard InChI is InChI=1S/C33H48N4O5S/c1-33(2,28-14-18-31(19-15-28)42-26-29-24-35-25-32(36-29)37-43(3,38)39)27-12-16-30(17-13-27)41-23-10-7-5-4-6-9-21-40-22-11-8-20-34/h12-19,24-25H,4-11,20-23,26,34H2,1-3H3,(H,36,37). The van der Waals surface area contributed by atoms with Crippen LogP contribution in [0.1, 0.15) is 82.0 Å². The van der Waals surface area contributed by atoms with Crippen LogP contribution in [-0.2, 0) is 26.8 Å². The van der Waals surface area contributed by atoms with Crippen LogP contribution in [-0.4, -0.2) is 51.0 Å². The van der Waals surface area contributed by atoms with Gasteiger partial charge in [-0.3, -0.25) is 9.71 Å². The Kier molecular flexibility index (Phi) is 14.2. The summed E-state index contributed by atoms with van der Waals surface area (Å²) in [5.41, 5.74) is 8.16. The van der Waals surface area contributed by atoms with E-state index in [4.69, 9.17) is 19.9 Å². The third-order valence-electron chi connectivity index (χ3n) is 7.21. The molecule has 3 N–H and O–H groups in total. The van der Waals surface area contributed by atoms with Crippen molar-refractivity contribution in [1.29, 1.82) is 0 Å². The summed E-state index contributed by atoms with van der Waals surface area (Å²) in [4.78, 5) is 8.27. The van der Waals surface area contributed by atoms with E-state index in [2.05, 4.69) is 64.9 Å². The van der Waals surface area contributed by atoms with Crippen LogP contribution in [0.2, 0.25) is 0 Å². The highest BCUT2D eigenvalue weighted by molar-refractivity contribution is 7.92. The van der Waals surface area contributed by atoms with Gasteiger partial charge in [-0.25, -0.2) is 13.4 Å². The van der Waals surface area contributed by atoms with Gasteiger partial charge in [-0.1, -0.05) is 63.8 Å². The largest absolute Gasteiger partial charge is 0.494 e. The summed E-state index contributed by atoms with van der Waals surface area (Å²) in [6.07, 6.45) is 13.2.